The molecule has 32 valence electrons. The number of thiocarbonyl (C=S) groups is 2. The van der Waals surface area contributed by atoms with E-state index < -0.39 is 0 Å². The molecule has 0 bridgehead atoms. The maximum absolute atomic E-state index is 5.90. The van der Waals surface area contributed by atoms with Crippen LogP contribution < -0.4 is 0 Å². The third kappa shape index (κ3) is 613. The van der Waals surface area contributed by atoms with Crippen molar-refractivity contribution in [3.05, 3.63) is 0 Å². The van der Waals surface area contributed by atoms with Crippen LogP contribution in [0.25, 0.3) is 0 Å². The Morgan fingerprint density at radius 2 is 1.40 bits per heavy atom. The van der Waals surface area contributed by atoms with Crippen LogP contribution in [0.4, 0.5) is 0 Å². The molecule has 0 aromatic rings. The van der Waals surface area contributed by atoms with Gasteiger partial charge >= 0.3 is 0 Å². The van der Waals surface area contributed by atoms with E-state index in [0.29, 0.717) is 0 Å². The van der Waals surface area contributed by atoms with Crippen molar-refractivity contribution in [2.45, 2.75) is 7.43 Å². The first-order valence-electron chi connectivity index (χ1n) is 1.63. The second-order valence-corrected chi connectivity index (χ2v) is 0. The molecule has 5 heavy (non-hydrogen) atoms. The van der Waals surface area contributed by atoms with Crippen LogP contribution in [0.15, 0.2) is 0 Å². The lowest BCUT2D eigenvalue weighted by atomic mass is 12.0. The van der Waals surface area contributed by atoms with Gasteiger partial charge in [0.05, 0.1) is 2.74 Å². The summed E-state index contributed by atoms with van der Waals surface area (Å²) in [4.78, 5) is 0. The zero-order chi connectivity index (χ0) is 5.41. The molecule has 0 saturated heterocycles. The summed E-state index contributed by atoms with van der Waals surface area (Å²) in [6.45, 7) is 0. The normalized spacial score (nSPS) is 5.60. The van der Waals surface area contributed by atoms with Gasteiger partial charge in [-0.05, 0) is 11.7 Å². The lowest BCUT2D eigenvalue weighted by molar-refractivity contribution is 2.50. The van der Waals surface area contributed by atoms with Crippen LogP contribution in [-0.2, 0) is 0 Å². The third-order valence-electron chi connectivity index (χ3n) is 0. The van der Waals surface area contributed by atoms with Crippen molar-refractivity contribution in [1.29, 1.82) is 0 Å². The molecule has 0 nitrogen and oxygen atoms in total. The van der Waals surface area contributed by atoms with Crippen LogP contribution in [0.3, 0.4) is 0 Å². The Balaban J connectivity index is -0.0000000400. The molecule has 0 N–H and O–H groups in total. The van der Waals surface area contributed by atoms with Crippen molar-refractivity contribution >= 4 is 36.1 Å². The molecule has 0 amide bonds. The number of rotatable bonds is 0. The molecule has 0 aliphatic heterocycles. The lowest BCUT2D eigenvalue weighted by Gasteiger charge is -0.774. The summed E-state index contributed by atoms with van der Waals surface area (Å²) in [5, 5.41) is 0. The van der Waals surface area contributed by atoms with E-state index in [4.69, 9.17) is 2.74 Å². The van der Waals surface area contributed by atoms with E-state index >= 15 is 0 Å². The number of hydrogen-bond donors (Lipinski definition) is 0. The quantitative estimate of drug-likeness (QED) is 0.439. The highest BCUT2D eigenvalue weighted by Crippen LogP contribution is 1.03. The molecule has 0 rings (SSSR count). The van der Waals surface area contributed by atoms with E-state index in [2.05, 4.69) is 24.4 Å². The van der Waals surface area contributed by atoms with Crippen LogP contribution in [0.2, 0.25) is 0 Å². The molecule has 0 unspecified atom stereocenters. The Kier molecular flexibility index (Phi) is 1350. The molecule has 0 fully saturated rings. The van der Waals surface area contributed by atoms with E-state index in [1.165, 1.54) is 0 Å². The largest absolute Gasteiger partial charge is 0.0973 e. The Hall–Kier alpha value is 0.180. The summed E-state index contributed by atoms with van der Waals surface area (Å²) < 4.78 is 11.8. The molecule has 2 heteroatoms. The monoisotopic (exact) mass is 112 g/mol. The highest BCUT2D eigenvalue weighted by Gasteiger charge is 0.644. The molecule has 0 aliphatic carbocycles. The minimum absolute atomic E-state index is 0. The van der Waals surface area contributed by atoms with Crippen molar-refractivity contribution < 1.29 is 2.74 Å². The van der Waals surface area contributed by atoms with Gasteiger partial charge in [-0.3, -0.25) is 0 Å². The fourth-order valence-electron chi connectivity index (χ4n) is 0. The van der Waals surface area contributed by atoms with Crippen LogP contribution in [0.5, 0.6) is 0 Å². The maximum Gasteiger partial charge on any atom is 0.0662 e. The van der Waals surface area contributed by atoms with Gasteiger partial charge in [0.25, 0.3) is 0 Å². The van der Waals surface area contributed by atoms with Crippen LogP contribution in [0, 0.1) is 0 Å². The predicted molar refractivity (Wildman–Crippen MR) is 36.2 cm³/mol. The van der Waals surface area contributed by atoms with Crippen LogP contribution >= 0.6 is 24.4 Å². The van der Waals surface area contributed by atoms with Crippen molar-refractivity contribution in [3.8, 4) is 0 Å². The van der Waals surface area contributed by atoms with Crippen LogP contribution in [0.1, 0.15) is 10.2 Å². The van der Waals surface area contributed by atoms with Gasteiger partial charge in [-0.1, -0.05) is 31.9 Å². The summed E-state index contributed by atoms with van der Waals surface area (Å²) in [7, 11) is 0. The second-order valence-electron chi connectivity index (χ2n) is 0. The van der Waals surface area contributed by atoms with Gasteiger partial charge in [0.2, 0.25) is 0 Å². The predicted octanol–water partition coefficient (Wildman–Crippen LogP) is 1.87. The van der Waals surface area contributed by atoms with Crippen molar-refractivity contribution in [1.82, 2.24) is 0 Å². The molecule has 0 saturated carbocycles. The van der Waals surface area contributed by atoms with E-state index in [1.54, 1.807) is 0 Å². The molecule has 0 atom stereocenters. The molecule has 0 radical (unpaired) electrons. The van der Waals surface area contributed by atoms with Gasteiger partial charge in [-0.15, -0.1) is 0 Å². The Morgan fingerprint density at radius 3 is 1.40 bits per heavy atom. The van der Waals surface area contributed by atoms with Crippen molar-refractivity contribution in [2.75, 3.05) is 0 Å². The standard InChI is InChI=1S/2CH2S.CH4/c2*1-2;/h2*1H2;1H4/i2*1T;. The first-order valence-corrected chi connectivity index (χ1v) is 1.41. The fourth-order valence-corrected chi connectivity index (χ4v) is 0. The highest BCUT2D eigenvalue weighted by atomic mass is 32.1. The third-order valence-corrected chi connectivity index (χ3v) is 0. The SMILES string of the molecule is C.[3H]C=S.[3H]C=S. The van der Waals surface area contributed by atoms with Gasteiger partial charge in [-0.2, -0.15) is 0 Å². The minimum Gasteiger partial charge on any atom is -0.0973 e. The fraction of sp³-hybridized carbons (Fsp3) is 0.333. The molecule has 0 heterocycles. The summed E-state index contributed by atoms with van der Waals surface area (Å²) in [6, 6.07) is 0. The molecule has 0 aromatic carbocycles. The summed E-state index contributed by atoms with van der Waals surface area (Å²) in [6.07, 6.45) is 0. The molecular weight excluding hydrogens is 100 g/mol. The van der Waals surface area contributed by atoms with E-state index in [0.717, 1.165) is 11.7 Å². The topological polar surface area (TPSA) is 0 Å². The first kappa shape index (κ1) is 5.18. The molecule has 0 aromatic heterocycles. The smallest absolute Gasteiger partial charge is 0.0662 e. The average Bonchev–Trinajstić information content (AvgIpc) is 1.39. The zero-order valence-corrected chi connectivity index (χ0v) is 3.60. The van der Waals surface area contributed by atoms with Gasteiger partial charge in [0.1, 0.15) is 0 Å². The summed E-state index contributed by atoms with van der Waals surface area (Å²) >= 11 is 7.87. The Labute approximate surface area is 47.0 Å². The Bertz CT molecular complexity index is 31.9. The summed E-state index contributed by atoms with van der Waals surface area (Å²) in [5.41, 5.74) is 0. The highest BCUT2D eigenvalue weighted by molar-refractivity contribution is 7.77. The van der Waals surface area contributed by atoms with Gasteiger partial charge < -0.3 is 0 Å². The Morgan fingerprint density at radius 1 is 1.40 bits per heavy atom. The molecule has 0 aliphatic rings. The summed E-state index contributed by atoms with van der Waals surface area (Å²) in [5.74, 6) is 1.67. The second kappa shape index (κ2) is 1300. The van der Waals surface area contributed by atoms with Gasteiger partial charge in [0.15, 0.2) is 0 Å². The average molecular weight is 112 g/mol. The van der Waals surface area contributed by atoms with E-state index in [1.807, 2.05) is 0 Å². The number of hydrogen-bond acceptors (Lipinski definition) is 2. The molecular formula is C3H8S2. The zero-order valence-electron chi connectivity index (χ0n) is 3.97. The van der Waals surface area contributed by atoms with Crippen molar-refractivity contribution in [3.63, 3.8) is 0 Å². The van der Waals surface area contributed by atoms with Crippen LogP contribution in [-0.4, -0.2) is 11.7 Å². The van der Waals surface area contributed by atoms with Crippen molar-refractivity contribution in [2.24, 2.45) is 0 Å². The molecule has 0 spiro atoms. The van der Waals surface area contributed by atoms with E-state index in [9.17, 15) is 0 Å². The van der Waals surface area contributed by atoms with E-state index in [-0.39, 0.29) is 7.43 Å². The van der Waals surface area contributed by atoms with Gasteiger partial charge in [0, 0.05) is 0 Å². The maximum atomic E-state index is 5.90. The lowest BCUT2D eigenvalue weighted by Crippen LogP contribution is -0.661. The first-order chi connectivity index (χ1) is 2.83. The van der Waals surface area contributed by atoms with Gasteiger partial charge in [-0.25, -0.2) is 0 Å². The minimum atomic E-state index is 0.